The number of benzene rings is 2. The second kappa shape index (κ2) is 9.15. The van der Waals surface area contributed by atoms with Crippen LogP contribution in [0.1, 0.15) is 29.5 Å². The molecule has 158 valence electrons. The summed E-state index contributed by atoms with van der Waals surface area (Å²) in [6.07, 6.45) is -0.734. The Kier molecular flexibility index (Phi) is 6.59. The summed E-state index contributed by atoms with van der Waals surface area (Å²) in [6.45, 7) is 3.68. The minimum atomic E-state index is -4.39. The van der Waals surface area contributed by atoms with Gasteiger partial charge in [0.05, 0.1) is 5.56 Å². The monoisotopic (exact) mass is 418 g/mol. The van der Waals surface area contributed by atoms with Crippen LogP contribution in [0, 0.1) is 6.92 Å². The molecular weight excluding hydrogens is 397 g/mol. The van der Waals surface area contributed by atoms with Crippen molar-refractivity contribution in [2.75, 3.05) is 0 Å². The van der Waals surface area contributed by atoms with E-state index in [4.69, 9.17) is 14.4 Å². The zero-order valence-corrected chi connectivity index (χ0v) is 16.4. The van der Waals surface area contributed by atoms with E-state index in [-0.39, 0.29) is 18.5 Å². The predicted molar refractivity (Wildman–Crippen MR) is 106 cm³/mol. The van der Waals surface area contributed by atoms with E-state index in [0.29, 0.717) is 22.8 Å². The first-order valence-corrected chi connectivity index (χ1v) is 9.21. The lowest BCUT2D eigenvalue weighted by Gasteiger charge is -2.06. The second-order valence-electron chi connectivity index (χ2n) is 6.74. The number of aromatic nitrogens is 1. The number of hydrogen-bond donors (Lipinski definition) is 2. The average Bonchev–Trinajstić information content (AvgIpc) is 3.11. The van der Waals surface area contributed by atoms with E-state index in [2.05, 4.69) is 10.5 Å². The summed E-state index contributed by atoms with van der Waals surface area (Å²) >= 11 is 0. The molecule has 0 spiro atoms. The second-order valence-corrected chi connectivity index (χ2v) is 6.74. The van der Waals surface area contributed by atoms with Gasteiger partial charge in [-0.25, -0.2) is 4.98 Å². The lowest BCUT2D eigenvalue weighted by molar-refractivity contribution is -0.137. The van der Waals surface area contributed by atoms with Crippen molar-refractivity contribution in [2.24, 2.45) is 0 Å². The molecule has 8 heteroatoms. The van der Waals surface area contributed by atoms with Crippen LogP contribution in [0.4, 0.5) is 13.2 Å². The van der Waals surface area contributed by atoms with Gasteiger partial charge in [-0.2, -0.15) is 18.7 Å². The molecule has 1 atom stereocenters. The molecule has 30 heavy (non-hydrogen) atoms. The van der Waals surface area contributed by atoms with Crippen molar-refractivity contribution in [3.63, 3.8) is 0 Å². The Morgan fingerprint density at radius 1 is 1.20 bits per heavy atom. The van der Waals surface area contributed by atoms with Crippen LogP contribution in [0.15, 0.2) is 59.0 Å². The quantitative estimate of drug-likeness (QED) is 0.487. The third-order valence-electron chi connectivity index (χ3n) is 4.37. The number of nitrogens with zero attached hydrogens (tertiary/aromatic N) is 1. The minimum absolute atomic E-state index is 0.151. The molecule has 0 amide bonds. The first-order valence-electron chi connectivity index (χ1n) is 9.21. The van der Waals surface area contributed by atoms with Crippen LogP contribution >= 0.6 is 0 Å². The number of hydroxylamine groups is 1. The maximum atomic E-state index is 12.7. The Morgan fingerprint density at radius 3 is 2.60 bits per heavy atom. The maximum absolute atomic E-state index is 12.7. The molecule has 0 bridgehead atoms. The topological polar surface area (TPSA) is 67.5 Å². The fourth-order valence-corrected chi connectivity index (χ4v) is 2.65. The van der Waals surface area contributed by atoms with Crippen molar-refractivity contribution in [1.29, 1.82) is 0 Å². The third kappa shape index (κ3) is 5.49. The zero-order chi connectivity index (χ0) is 21.7. The summed E-state index contributed by atoms with van der Waals surface area (Å²) in [5.74, 6) is 1.39. The Bertz CT molecular complexity index is 1010. The molecule has 2 aromatic carbocycles. The van der Waals surface area contributed by atoms with Gasteiger partial charge in [0, 0.05) is 11.6 Å². The predicted octanol–water partition coefficient (Wildman–Crippen LogP) is 5.63. The molecule has 0 saturated carbocycles. The van der Waals surface area contributed by atoms with Crippen LogP contribution in [0.25, 0.3) is 17.5 Å². The van der Waals surface area contributed by atoms with E-state index in [0.717, 1.165) is 17.7 Å². The van der Waals surface area contributed by atoms with Gasteiger partial charge in [0.15, 0.2) is 0 Å². The van der Waals surface area contributed by atoms with Gasteiger partial charge in [0.25, 0.3) is 0 Å². The number of ether oxygens (including phenoxy) is 1. The largest absolute Gasteiger partial charge is 0.487 e. The van der Waals surface area contributed by atoms with Gasteiger partial charge < -0.3 is 14.4 Å². The highest BCUT2D eigenvalue weighted by Gasteiger charge is 2.30. The van der Waals surface area contributed by atoms with Gasteiger partial charge in [-0.15, -0.1) is 0 Å². The molecule has 0 aliphatic rings. The first-order chi connectivity index (χ1) is 14.3. The number of oxazole rings is 1. The van der Waals surface area contributed by atoms with Crippen LogP contribution in [0.2, 0.25) is 0 Å². The summed E-state index contributed by atoms with van der Waals surface area (Å²) in [4.78, 5) is 4.36. The van der Waals surface area contributed by atoms with Crippen molar-refractivity contribution >= 4 is 6.08 Å². The van der Waals surface area contributed by atoms with Gasteiger partial charge in [-0.3, -0.25) is 0 Å². The fraction of sp³-hybridized carbons (Fsp3) is 0.227. The van der Waals surface area contributed by atoms with Crippen molar-refractivity contribution in [3.8, 4) is 17.2 Å². The number of rotatable bonds is 7. The fourth-order valence-electron chi connectivity index (χ4n) is 2.65. The van der Waals surface area contributed by atoms with Gasteiger partial charge in [-0.05, 0) is 55.8 Å². The number of alkyl halides is 3. The number of hydrogen-bond acceptors (Lipinski definition) is 5. The molecule has 3 rings (SSSR count). The van der Waals surface area contributed by atoms with Gasteiger partial charge >= 0.3 is 6.18 Å². The summed E-state index contributed by atoms with van der Waals surface area (Å²) in [5, 5.41) is 8.85. The highest BCUT2D eigenvalue weighted by molar-refractivity contribution is 5.55. The van der Waals surface area contributed by atoms with Gasteiger partial charge in [-0.1, -0.05) is 24.3 Å². The Morgan fingerprint density at radius 2 is 1.93 bits per heavy atom. The molecule has 0 aliphatic heterocycles. The van der Waals surface area contributed by atoms with E-state index in [1.165, 1.54) is 12.1 Å². The molecule has 0 saturated heterocycles. The number of nitrogens with one attached hydrogen (secondary N) is 1. The molecule has 3 aromatic rings. The molecule has 0 radical (unpaired) electrons. The van der Waals surface area contributed by atoms with Crippen LogP contribution in [-0.2, 0) is 12.8 Å². The molecule has 1 aromatic heterocycles. The third-order valence-corrected chi connectivity index (χ3v) is 4.37. The van der Waals surface area contributed by atoms with E-state index < -0.39 is 11.7 Å². The molecule has 5 nitrogen and oxygen atoms in total. The lowest BCUT2D eigenvalue weighted by atomic mass is 10.1. The van der Waals surface area contributed by atoms with E-state index in [9.17, 15) is 13.2 Å². The average molecular weight is 418 g/mol. The molecular formula is C22H21F3N2O3. The molecule has 0 fully saturated rings. The number of halogens is 3. The van der Waals surface area contributed by atoms with E-state index in [1.54, 1.807) is 26.0 Å². The Labute approximate surface area is 171 Å². The van der Waals surface area contributed by atoms with E-state index >= 15 is 0 Å². The van der Waals surface area contributed by atoms with Crippen LogP contribution in [0.3, 0.4) is 0 Å². The standard InChI is InChI=1S/C22H21F3N2O3/c1-14(27-28)6-7-16-4-3-5-19(12-16)29-13-20-15(2)30-21(26-20)17-8-10-18(11-9-17)22(23,24)25/h3-12,14,27-28H,13H2,1-2H3. The summed E-state index contributed by atoms with van der Waals surface area (Å²) < 4.78 is 49.5. The zero-order valence-electron chi connectivity index (χ0n) is 16.4. The van der Waals surface area contributed by atoms with Crippen molar-refractivity contribution < 1.29 is 27.5 Å². The molecule has 1 heterocycles. The van der Waals surface area contributed by atoms with Crippen LogP contribution < -0.4 is 10.2 Å². The van der Waals surface area contributed by atoms with E-state index in [1.807, 2.05) is 24.3 Å². The highest BCUT2D eigenvalue weighted by Crippen LogP contribution is 2.31. The Balaban J connectivity index is 1.69. The van der Waals surface area contributed by atoms with Gasteiger partial charge in [0.2, 0.25) is 5.89 Å². The minimum Gasteiger partial charge on any atom is -0.487 e. The van der Waals surface area contributed by atoms with Crippen molar-refractivity contribution in [1.82, 2.24) is 10.5 Å². The molecule has 0 aliphatic carbocycles. The molecule has 2 N–H and O–H groups in total. The highest BCUT2D eigenvalue weighted by atomic mass is 19.4. The van der Waals surface area contributed by atoms with Crippen LogP contribution in [-0.4, -0.2) is 16.2 Å². The SMILES string of the molecule is Cc1oc(-c2ccc(C(F)(F)F)cc2)nc1COc1cccc(C=CC(C)NO)c1. The number of aryl methyl sites for hydroxylation is 1. The summed E-state index contributed by atoms with van der Waals surface area (Å²) in [6, 6.07) is 11.9. The Hall–Kier alpha value is -3.10. The molecule has 1 unspecified atom stereocenters. The van der Waals surface area contributed by atoms with Crippen molar-refractivity contribution in [2.45, 2.75) is 32.7 Å². The van der Waals surface area contributed by atoms with Gasteiger partial charge in [0.1, 0.15) is 23.8 Å². The van der Waals surface area contributed by atoms with Crippen LogP contribution in [0.5, 0.6) is 5.75 Å². The smallest absolute Gasteiger partial charge is 0.416 e. The maximum Gasteiger partial charge on any atom is 0.416 e. The normalized spacial score (nSPS) is 13.0. The van der Waals surface area contributed by atoms with Crippen molar-refractivity contribution in [3.05, 3.63) is 77.2 Å². The summed E-state index contributed by atoms with van der Waals surface area (Å²) in [5.41, 5.74) is 3.32. The lowest BCUT2D eigenvalue weighted by Crippen LogP contribution is -2.18. The first kappa shape index (κ1) is 21.6. The summed E-state index contributed by atoms with van der Waals surface area (Å²) in [7, 11) is 0.